The van der Waals surface area contributed by atoms with Gasteiger partial charge in [0.25, 0.3) is 5.91 Å². The molecule has 2 aromatic carbocycles. The molecule has 3 aromatic rings. The monoisotopic (exact) mass is 416 g/mol. The minimum atomic E-state index is -0.308. The number of aromatic nitrogens is 1. The highest BCUT2D eigenvalue weighted by molar-refractivity contribution is 7.15. The summed E-state index contributed by atoms with van der Waals surface area (Å²) in [6.45, 7) is 3.79. The van der Waals surface area contributed by atoms with Crippen molar-refractivity contribution in [3.63, 3.8) is 0 Å². The van der Waals surface area contributed by atoms with Crippen LogP contribution in [0.4, 0.5) is 5.13 Å². The molecule has 0 unspecified atom stereocenters. The molecule has 1 heterocycles. The van der Waals surface area contributed by atoms with Crippen molar-refractivity contribution in [1.29, 1.82) is 0 Å². The minimum Gasteiger partial charge on any atom is -0.493 e. The molecule has 0 atom stereocenters. The van der Waals surface area contributed by atoms with Crippen molar-refractivity contribution in [3.8, 4) is 11.5 Å². The number of amides is 1. The first-order chi connectivity index (χ1) is 13.5. The van der Waals surface area contributed by atoms with Gasteiger partial charge in [0, 0.05) is 23.1 Å². The van der Waals surface area contributed by atoms with Gasteiger partial charge in [0.2, 0.25) is 0 Å². The number of methoxy groups -OCH3 is 1. The second-order valence-electron chi connectivity index (χ2n) is 6.40. The quantitative estimate of drug-likeness (QED) is 0.557. The van der Waals surface area contributed by atoms with E-state index in [-0.39, 0.29) is 12.0 Å². The maximum absolute atomic E-state index is 12.6. The number of anilines is 1. The number of thiazole rings is 1. The van der Waals surface area contributed by atoms with Crippen LogP contribution < -0.4 is 14.8 Å². The van der Waals surface area contributed by atoms with Crippen LogP contribution in [0, 0.1) is 0 Å². The molecule has 28 heavy (non-hydrogen) atoms. The highest BCUT2D eigenvalue weighted by atomic mass is 35.5. The lowest BCUT2D eigenvalue weighted by Crippen LogP contribution is -2.13. The van der Waals surface area contributed by atoms with Gasteiger partial charge in [0.15, 0.2) is 16.6 Å². The van der Waals surface area contributed by atoms with Gasteiger partial charge in [-0.2, -0.15) is 0 Å². The summed E-state index contributed by atoms with van der Waals surface area (Å²) in [7, 11) is 1.51. The summed E-state index contributed by atoms with van der Waals surface area (Å²) in [5, 5.41) is 3.67. The molecule has 1 N–H and O–H groups in total. The predicted octanol–water partition coefficient (Wildman–Crippen LogP) is 5.44. The van der Waals surface area contributed by atoms with Crippen LogP contribution in [-0.4, -0.2) is 24.1 Å². The van der Waals surface area contributed by atoms with E-state index in [1.54, 1.807) is 18.3 Å². The normalized spacial score (nSPS) is 10.8. The molecule has 0 saturated carbocycles. The van der Waals surface area contributed by atoms with E-state index in [2.05, 4.69) is 22.4 Å². The van der Waals surface area contributed by atoms with Crippen LogP contribution in [0.15, 0.2) is 48.7 Å². The van der Waals surface area contributed by atoms with E-state index in [4.69, 9.17) is 21.1 Å². The van der Waals surface area contributed by atoms with Crippen LogP contribution in [0.1, 0.15) is 34.6 Å². The van der Waals surface area contributed by atoms with Crippen LogP contribution in [0.3, 0.4) is 0 Å². The largest absolute Gasteiger partial charge is 0.493 e. The van der Waals surface area contributed by atoms with E-state index in [1.165, 1.54) is 24.0 Å². The summed E-state index contributed by atoms with van der Waals surface area (Å²) in [4.78, 5) is 18.0. The molecule has 0 aliphatic heterocycles. The van der Waals surface area contributed by atoms with Crippen molar-refractivity contribution in [3.05, 3.63) is 69.7 Å². The molecule has 146 valence electrons. The molecule has 0 aliphatic rings. The maximum atomic E-state index is 12.6. The number of hydrogen-bond donors (Lipinski definition) is 1. The molecule has 0 spiro atoms. The zero-order valence-electron chi connectivity index (χ0n) is 15.9. The average Bonchev–Trinajstić information content (AvgIpc) is 3.10. The van der Waals surface area contributed by atoms with Gasteiger partial charge in [-0.3, -0.25) is 10.1 Å². The van der Waals surface area contributed by atoms with Crippen molar-refractivity contribution < 1.29 is 14.3 Å². The lowest BCUT2D eigenvalue weighted by molar-refractivity contribution is 0.102. The third kappa shape index (κ3) is 5.03. The zero-order valence-corrected chi connectivity index (χ0v) is 17.4. The molecule has 7 heteroatoms. The molecule has 5 nitrogen and oxygen atoms in total. The Bertz CT molecular complexity index is 958. The van der Waals surface area contributed by atoms with Crippen LogP contribution >= 0.6 is 22.9 Å². The van der Waals surface area contributed by atoms with Crippen LogP contribution in [0.2, 0.25) is 5.02 Å². The van der Waals surface area contributed by atoms with Gasteiger partial charge in [-0.25, -0.2) is 4.98 Å². The van der Waals surface area contributed by atoms with Gasteiger partial charge < -0.3 is 9.47 Å². The number of ether oxygens (including phenoxy) is 2. The van der Waals surface area contributed by atoms with Crippen molar-refractivity contribution in [2.75, 3.05) is 12.4 Å². The average molecular weight is 417 g/mol. The van der Waals surface area contributed by atoms with Crippen molar-refractivity contribution in [2.45, 2.75) is 26.4 Å². The highest BCUT2D eigenvalue weighted by Gasteiger charge is 2.18. The van der Waals surface area contributed by atoms with E-state index >= 15 is 0 Å². The number of rotatable bonds is 7. The minimum absolute atomic E-state index is 0.0653. The van der Waals surface area contributed by atoms with E-state index in [0.717, 1.165) is 11.3 Å². The smallest absolute Gasteiger partial charge is 0.257 e. The highest BCUT2D eigenvalue weighted by Crippen LogP contribution is 2.37. The molecule has 1 aromatic heterocycles. The molecule has 0 fully saturated rings. The summed E-state index contributed by atoms with van der Waals surface area (Å²) >= 11 is 7.75. The molecular formula is C21H21ClN2O3S. The van der Waals surface area contributed by atoms with Gasteiger partial charge in [-0.1, -0.05) is 41.9 Å². The topological polar surface area (TPSA) is 60.5 Å². The van der Waals surface area contributed by atoms with Gasteiger partial charge in [0.1, 0.15) is 0 Å². The Kier molecular flexibility index (Phi) is 6.54. The summed E-state index contributed by atoms with van der Waals surface area (Å²) in [5.41, 5.74) is 1.57. The van der Waals surface area contributed by atoms with Gasteiger partial charge in [-0.05, 0) is 31.5 Å². The van der Waals surface area contributed by atoms with E-state index in [9.17, 15) is 4.79 Å². The number of benzene rings is 2. The molecule has 0 saturated heterocycles. The molecule has 0 aliphatic carbocycles. The SMILES string of the molecule is COc1cc(C(=O)Nc2ncc(Cc3ccccc3)s2)cc(Cl)c1OC(C)C. The molecule has 3 rings (SSSR count). The number of halogens is 1. The number of carbonyl (C=O) groups excluding carboxylic acids is 1. The van der Waals surface area contributed by atoms with Crippen LogP contribution in [0.25, 0.3) is 0 Å². The molecular weight excluding hydrogens is 396 g/mol. The summed E-state index contributed by atoms with van der Waals surface area (Å²) in [6.07, 6.45) is 2.49. The Balaban J connectivity index is 1.73. The third-order valence-electron chi connectivity index (χ3n) is 3.84. The third-order valence-corrected chi connectivity index (χ3v) is 5.03. The first-order valence-electron chi connectivity index (χ1n) is 8.80. The predicted molar refractivity (Wildman–Crippen MR) is 113 cm³/mol. The van der Waals surface area contributed by atoms with Crippen molar-refractivity contribution >= 4 is 34.0 Å². The van der Waals surface area contributed by atoms with E-state index in [0.29, 0.717) is 27.2 Å². The fraction of sp³-hybridized carbons (Fsp3) is 0.238. The second-order valence-corrected chi connectivity index (χ2v) is 7.93. The number of carbonyl (C=O) groups is 1. The first-order valence-corrected chi connectivity index (χ1v) is 10.00. The Morgan fingerprint density at radius 3 is 2.68 bits per heavy atom. The Morgan fingerprint density at radius 2 is 2.00 bits per heavy atom. The van der Waals surface area contributed by atoms with Crippen LogP contribution in [0.5, 0.6) is 11.5 Å². The summed E-state index contributed by atoms with van der Waals surface area (Å²) < 4.78 is 11.0. The maximum Gasteiger partial charge on any atom is 0.257 e. The fourth-order valence-corrected chi connectivity index (χ4v) is 3.71. The number of nitrogens with zero attached hydrogens (tertiary/aromatic N) is 1. The molecule has 0 radical (unpaired) electrons. The Hall–Kier alpha value is -2.57. The second kappa shape index (κ2) is 9.08. The summed E-state index contributed by atoms with van der Waals surface area (Å²) in [6, 6.07) is 13.3. The zero-order chi connectivity index (χ0) is 20.1. The van der Waals surface area contributed by atoms with E-state index < -0.39 is 0 Å². The lowest BCUT2D eigenvalue weighted by Gasteiger charge is -2.16. The van der Waals surface area contributed by atoms with Crippen molar-refractivity contribution in [2.24, 2.45) is 0 Å². The van der Waals surface area contributed by atoms with Crippen LogP contribution in [-0.2, 0) is 6.42 Å². The lowest BCUT2D eigenvalue weighted by atomic mass is 10.1. The first kappa shape index (κ1) is 20.2. The van der Waals surface area contributed by atoms with Gasteiger partial charge >= 0.3 is 0 Å². The summed E-state index contributed by atoms with van der Waals surface area (Å²) in [5.74, 6) is 0.530. The van der Waals surface area contributed by atoms with Gasteiger partial charge in [0.05, 0.1) is 18.2 Å². The van der Waals surface area contributed by atoms with Crippen molar-refractivity contribution in [1.82, 2.24) is 4.98 Å². The number of hydrogen-bond acceptors (Lipinski definition) is 5. The Labute approximate surface area is 173 Å². The molecule has 0 bridgehead atoms. The fourth-order valence-electron chi connectivity index (χ4n) is 2.61. The Morgan fingerprint density at radius 1 is 1.25 bits per heavy atom. The standard InChI is InChI=1S/C21H21ClN2O3S/c1-13(2)27-19-17(22)10-15(11-18(19)26-3)20(25)24-21-23-12-16(28-21)9-14-7-5-4-6-8-14/h4-8,10-13H,9H2,1-3H3,(H,23,24,25). The molecule has 1 amide bonds. The van der Waals surface area contributed by atoms with Gasteiger partial charge in [-0.15, -0.1) is 11.3 Å². The van der Waals surface area contributed by atoms with E-state index in [1.807, 2.05) is 32.0 Å². The number of nitrogens with one attached hydrogen (secondary N) is 1.